The van der Waals surface area contributed by atoms with E-state index in [1.54, 1.807) is 0 Å². The third-order valence-electron chi connectivity index (χ3n) is 5.14. The number of thioether (sulfide) groups is 1. The molecule has 2 aliphatic rings. The Hall–Kier alpha value is -1.04. The van der Waals surface area contributed by atoms with Crippen LogP contribution in [0.3, 0.4) is 0 Å². The van der Waals surface area contributed by atoms with Crippen LogP contribution in [0.2, 0.25) is 0 Å². The largest absolute Gasteiger partial charge is 2.00 e. The molecule has 0 unspecified atom stereocenters. The Bertz CT molecular complexity index is 851. The molecule has 0 bridgehead atoms. The molecule has 0 aliphatic heterocycles. The van der Waals surface area contributed by atoms with Crippen molar-refractivity contribution in [2.24, 2.45) is 0 Å². The summed E-state index contributed by atoms with van der Waals surface area (Å²) in [5.74, 6) is 1.45. The maximum absolute atomic E-state index is 2.32. The summed E-state index contributed by atoms with van der Waals surface area (Å²) in [4.78, 5) is 1.32. The molecule has 0 amide bonds. The molecule has 0 heterocycles. The van der Waals surface area contributed by atoms with E-state index in [0.29, 0.717) is 5.25 Å². The zero-order valence-corrected chi connectivity index (χ0v) is 21.4. The fourth-order valence-corrected chi connectivity index (χ4v) is 7.34. The fourth-order valence-electron chi connectivity index (χ4n) is 3.64. The Kier molecular flexibility index (Phi) is 11.6. The number of hydrogen-bond acceptors (Lipinski definition) is 1. The molecule has 10 radical (unpaired) electrons. The second-order valence-corrected chi connectivity index (χ2v) is 11.0. The summed E-state index contributed by atoms with van der Waals surface area (Å²) in [6.07, 6.45) is 16.8. The minimum absolute atomic E-state index is 0. The summed E-state index contributed by atoms with van der Waals surface area (Å²) >= 11 is 1.93. The predicted molar refractivity (Wildman–Crippen MR) is 142 cm³/mol. The molecule has 3 aromatic rings. The van der Waals surface area contributed by atoms with E-state index in [4.69, 9.17) is 0 Å². The van der Waals surface area contributed by atoms with Crippen LogP contribution in [0.4, 0.5) is 0 Å². The van der Waals surface area contributed by atoms with Crippen LogP contribution < -0.4 is 10.6 Å². The summed E-state index contributed by atoms with van der Waals surface area (Å²) < 4.78 is 0. The van der Waals surface area contributed by atoms with E-state index in [9.17, 15) is 0 Å². The van der Waals surface area contributed by atoms with Crippen LogP contribution in [0.5, 0.6) is 0 Å². The molecule has 3 aromatic carbocycles. The maximum Gasteiger partial charge on any atom is 2.00 e. The Morgan fingerprint density at radius 1 is 0.576 bits per heavy atom. The second kappa shape index (κ2) is 14.4. The maximum atomic E-state index is 2.32. The van der Waals surface area contributed by atoms with Gasteiger partial charge >= 0.3 is 17.1 Å². The molecule has 164 valence electrons. The number of benzene rings is 3. The molecule has 33 heavy (non-hydrogen) atoms. The number of rotatable bonds is 6. The van der Waals surface area contributed by atoms with Crippen molar-refractivity contribution in [3.05, 3.63) is 154 Å². The molecule has 2 fully saturated rings. The van der Waals surface area contributed by atoms with Crippen molar-refractivity contribution in [2.75, 3.05) is 0 Å². The minimum Gasteiger partial charge on any atom is -0.122 e. The van der Waals surface area contributed by atoms with Crippen molar-refractivity contribution in [1.29, 1.82) is 0 Å². The van der Waals surface area contributed by atoms with Crippen LogP contribution >= 0.6 is 19.7 Å². The third-order valence-corrected chi connectivity index (χ3v) is 8.81. The molecule has 2 aliphatic carbocycles. The van der Waals surface area contributed by atoms with E-state index in [1.807, 2.05) is 43.9 Å². The molecule has 0 spiro atoms. The first-order valence-corrected chi connectivity index (χ1v) is 13.1. The molecule has 3 heteroatoms. The minimum atomic E-state index is -0.550. The summed E-state index contributed by atoms with van der Waals surface area (Å²) in [6, 6.07) is 32.6. The van der Waals surface area contributed by atoms with Crippen molar-refractivity contribution < 1.29 is 17.1 Å². The normalized spacial score (nSPS) is 17.3. The van der Waals surface area contributed by atoms with Gasteiger partial charge in [-0.25, -0.2) is 0 Å². The van der Waals surface area contributed by atoms with Gasteiger partial charge in [-0.3, -0.25) is 0 Å². The third kappa shape index (κ3) is 7.73. The molecular formula is C30H27FePS+2. The summed E-state index contributed by atoms with van der Waals surface area (Å²) in [5, 5.41) is 3.22. The van der Waals surface area contributed by atoms with Crippen LogP contribution in [0, 0.1) is 62.9 Å². The molecule has 0 N–H and O–H groups in total. The molecule has 0 saturated heterocycles. The van der Waals surface area contributed by atoms with E-state index in [1.165, 1.54) is 27.1 Å². The zero-order chi connectivity index (χ0) is 22.0. The second-order valence-electron chi connectivity index (χ2n) is 7.41. The molecule has 1 atom stereocenters. The van der Waals surface area contributed by atoms with Crippen LogP contribution in [-0.4, -0.2) is 5.25 Å². The first-order chi connectivity index (χ1) is 15.8. The topological polar surface area (TPSA) is 0 Å². The summed E-state index contributed by atoms with van der Waals surface area (Å²) in [7, 11) is -0.550. The molecule has 0 nitrogen and oxygen atoms in total. The van der Waals surface area contributed by atoms with Gasteiger partial charge in [0.25, 0.3) is 0 Å². The fraction of sp³-hybridized carbons (Fsp3) is 0.0667. The van der Waals surface area contributed by atoms with Crippen LogP contribution in [0.1, 0.15) is 6.92 Å². The van der Waals surface area contributed by atoms with E-state index in [-0.39, 0.29) is 17.1 Å². The van der Waals surface area contributed by atoms with Crippen molar-refractivity contribution >= 4 is 30.3 Å². The van der Waals surface area contributed by atoms with Crippen LogP contribution in [-0.2, 0) is 17.1 Å². The summed E-state index contributed by atoms with van der Waals surface area (Å²) in [5.41, 5.74) is 1.47. The van der Waals surface area contributed by atoms with Gasteiger partial charge in [-0.05, 0) is 82.0 Å². The first kappa shape index (κ1) is 26.6. The van der Waals surface area contributed by atoms with Gasteiger partial charge in [0.1, 0.15) is 0 Å². The Morgan fingerprint density at radius 2 is 1.03 bits per heavy atom. The van der Waals surface area contributed by atoms with Crippen LogP contribution in [0.15, 0.2) is 95.9 Å². The molecule has 5 rings (SSSR count). The Morgan fingerprint density at radius 3 is 1.52 bits per heavy atom. The van der Waals surface area contributed by atoms with Gasteiger partial charge in [-0.2, -0.15) is 0 Å². The molecule has 2 saturated carbocycles. The molecule has 0 aromatic heterocycles. The average Bonchev–Trinajstić information content (AvgIpc) is 3.57. The van der Waals surface area contributed by atoms with Gasteiger partial charge in [0, 0.05) is 21.7 Å². The van der Waals surface area contributed by atoms with Gasteiger partial charge in [0.2, 0.25) is 0 Å². The van der Waals surface area contributed by atoms with Gasteiger partial charge < -0.3 is 0 Å². The smallest absolute Gasteiger partial charge is 0.122 e. The quantitative estimate of drug-likeness (QED) is 0.196. The van der Waals surface area contributed by atoms with E-state index < -0.39 is 7.92 Å². The molecular weight excluding hydrogens is 479 g/mol. The van der Waals surface area contributed by atoms with E-state index >= 15 is 0 Å². The summed E-state index contributed by atoms with van der Waals surface area (Å²) in [6.45, 7) is 2.32. The van der Waals surface area contributed by atoms with Gasteiger partial charge in [0.05, 0.1) is 0 Å². The van der Waals surface area contributed by atoms with Crippen molar-refractivity contribution in [3.8, 4) is 0 Å². The standard InChI is InChI=1S/C25H22PS.C5H5.Fe/c1-20(27-23-16-9-4-10-17-23)24-18-11-19-25(24)26(21-12-5-2-6-13-21)22-14-7-3-8-15-22;1-2-4-5-3-1;/h2-20H,1H3;1-5H;/q;;+2/t20-;;/m0../s1. The van der Waals surface area contributed by atoms with E-state index in [0.717, 1.165) is 0 Å². The van der Waals surface area contributed by atoms with Crippen molar-refractivity contribution in [2.45, 2.75) is 17.1 Å². The van der Waals surface area contributed by atoms with Crippen LogP contribution in [0.25, 0.3) is 0 Å². The monoisotopic (exact) mass is 506 g/mol. The van der Waals surface area contributed by atoms with Gasteiger partial charge in [-0.1, -0.05) is 85.8 Å². The first-order valence-electron chi connectivity index (χ1n) is 10.9. The number of hydrogen-bond donors (Lipinski definition) is 0. The SMILES string of the molecule is C[C@H](Sc1ccccc1)[C]1[CH][CH][CH][C]1P(c1ccccc1)c1ccccc1.[CH]1[CH][CH][CH][CH]1.[Fe+2]. The average molecular weight is 506 g/mol. The Balaban J connectivity index is 0.000000453. The van der Waals surface area contributed by atoms with Crippen molar-refractivity contribution in [3.63, 3.8) is 0 Å². The Labute approximate surface area is 217 Å². The zero-order valence-electron chi connectivity index (χ0n) is 18.6. The van der Waals surface area contributed by atoms with Gasteiger partial charge in [-0.15, -0.1) is 11.8 Å². The van der Waals surface area contributed by atoms with Crippen molar-refractivity contribution in [1.82, 2.24) is 0 Å². The predicted octanol–water partition coefficient (Wildman–Crippen LogP) is 7.05. The van der Waals surface area contributed by atoms with E-state index in [2.05, 4.69) is 117 Å². The van der Waals surface area contributed by atoms with Gasteiger partial charge in [0.15, 0.2) is 0 Å².